The topological polar surface area (TPSA) is 52.4 Å². The molecule has 1 aromatic carbocycles. The van der Waals surface area contributed by atoms with Gasteiger partial charge >= 0.3 is 12.0 Å². The number of alkyl halides is 3. The smallest absolute Gasteiger partial charge is 0.397 e. The standard InChI is InChI=1S/C8H5BrF3NO3/c1-4-2-3-5(9)7(6(4)13(14)15)16-8(10,11)12/h2-3H,1H3. The average Bonchev–Trinajstić information content (AvgIpc) is 2.08. The van der Waals surface area contributed by atoms with Crippen LogP contribution in [0.25, 0.3) is 0 Å². The van der Waals surface area contributed by atoms with Gasteiger partial charge in [-0.25, -0.2) is 0 Å². The lowest BCUT2D eigenvalue weighted by Gasteiger charge is -2.11. The van der Waals surface area contributed by atoms with E-state index >= 15 is 0 Å². The van der Waals surface area contributed by atoms with Crippen molar-refractivity contribution in [2.24, 2.45) is 0 Å². The molecule has 0 spiro atoms. The third-order valence-electron chi connectivity index (χ3n) is 1.69. The van der Waals surface area contributed by atoms with Gasteiger partial charge in [-0.05, 0) is 28.9 Å². The molecule has 0 N–H and O–H groups in total. The molecular formula is C8H5BrF3NO3. The first-order chi connectivity index (χ1) is 7.22. The number of aryl methyl sites for hydroxylation is 1. The molecule has 1 aromatic rings. The first-order valence-electron chi connectivity index (χ1n) is 3.91. The molecule has 1 rings (SSSR count). The molecule has 0 bridgehead atoms. The van der Waals surface area contributed by atoms with Gasteiger partial charge in [-0.1, -0.05) is 6.07 Å². The molecule has 0 fully saturated rings. The molecule has 0 saturated carbocycles. The highest BCUT2D eigenvalue weighted by molar-refractivity contribution is 9.10. The lowest BCUT2D eigenvalue weighted by atomic mass is 10.2. The van der Waals surface area contributed by atoms with Crippen molar-refractivity contribution in [2.45, 2.75) is 13.3 Å². The predicted molar refractivity (Wildman–Crippen MR) is 52.2 cm³/mol. The van der Waals surface area contributed by atoms with E-state index in [2.05, 4.69) is 20.7 Å². The van der Waals surface area contributed by atoms with Crippen LogP contribution >= 0.6 is 15.9 Å². The molecule has 0 atom stereocenters. The highest BCUT2D eigenvalue weighted by Gasteiger charge is 2.36. The zero-order valence-corrected chi connectivity index (χ0v) is 9.42. The van der Waals surface area contributed by atoms with Crippen LogP contribution in [0.5, 0.6) is 5.75 Å². The third kappa shape index (κ3) is 2.84. The minimum Gasteiger partial charge on any atom is -0.397 e. The molecule has 0 amide bonds. The Labute approximate surface area is 96.3 Å². The van der Waals surface area contributed by atoms with Crippen LogP contribution in [0.3, 0.4) is 0 Å². The van der Waals surface area contributed by atoms with Gasteiger partial charge in [0.2, 0.25) is 5.75 Å². The van der Waals surface area contributed by atoms with E-state index < -0.39 is 22.7 Å². The van der Waals surface area contributed by atoms with Crippen LogP contribution in [0.1, 0.15) is 5.56 Å². The lowest BCUT2D eigenvalue weighted by molar-refractivity contribution is -0.389. The van der Waals surface area contributed by atoms with Gasteiger partial charge in [0, 0.05) is 5.56 Å². The Hall–Kier alpha value is -1.31. The van der Waals surface area contributed by atoms with Gasteiger partial charge in [0.15, 0.2) is 0 Å². The summed E-state index contributed by atoms with van der Waals surface area (Å²) in [4.78, 5) is 9.70. The van der Waals surface area contributed by atoms with E-state index in [1.165, 1.54) is 19.1 Å². The summed E-state index contributed by atoms with van der Waals surface area (Å²) < 4.78 is 39.6. The van der Waals surface area contributed by atoms with Crippen LogP contribution in [-0.4, -0.2) is 11.3 Å². The maximum Gasteiger partial charge on any atom is 0.573 e. The Morgan fingerprint density at radius 1 is 1.44 bits per heavy atom. The molecule has 0 aliphatic rings. The van der Waals surface area contributed by atoms with Crippen LogP contribution in [0.4, 0.5) is 18.9 Å². The van der Waals surface area contributed by atoms with Crippen molar-refractivity contribution in [3.05, 3.63) is 32.3 Å². The van der Waals surface area contributed by atoms with E-state index in [9.17, 15) is 23.3 Å². The number of hydrogen-bond acceptors (Lipinski definition) is 3. The van der Waals surface area contributed by atoms with Crippen molar-refractivity contribution >= 4 is 21.6 Å². The summed E-state index contributed by atoms with van der Waals surface area (Å²) in [6.07, 6.45) is -4.97. The predicted octanol–water partition coefficient (Wildman–Crippen LogP) is 3.56. The summed E-state index contributed by atoms with van der Waals surface area (Å²) in [5.41, 5.74) is -0.612. The number of halogens is 4. The second-order valence-electron chi connectivity index (χ2n) is 2.85. The van der Waals surface area contributed by atoms with Crippen LogP contribution in [0, 0.1) is 17.0 Å². The number of rotatable bonds is 2. The van der Waals surface area contributed by atoms with Crippen molar-refractivity contribution in [3.8, 4) is 5.75 Å². The summed E-state index contributed by atoms with van der Waals surface area (Å²) in [6.45, 7) is 1.33. The maximum absolute atomic E-state index is 12.0. The Kier molecular flexibility index (Phi) is 3.41. The second kappa shape index (κ2) is 4.28. The monoisotopic (exact) mass is 299 g/mol. The summed E-state index contributed by atoms with van der Waals surface area (Å²) in [7, 11) is 0. The SMILES string of the molecule is Cc1ccc(Br)c(OC(F)(F)F)c1[N+](=O)[O-]. The highest BCUT2D eigenvalue weighted by atomic mass is 79.9. The minimum atomic E-state index is -4.97. The van der Waals surface area contributed by atoms with Gasteiger partial charge in [0.1, 0.15) is 0 Å². The Balaban J connectivity index is 3.35. The molecule has 8 heteroatoms. The fraction of sp³-hybridized carbons (Fsp3) is 0.250. The Morgan fingerprint density at radius 3 is 2.44 bits per heavy atom. The lowest BCUT2D eigenvalue weighted by Crippen LogP contribution is -2.18. The molecule has 0 aliphatic carbocycles. The number of ether oxygens (including phenoxy) is 1. The Morgan fingerprint density at radius 2 is 2.00 bits per heavy atom. The molecule has 16 heavy (non-hydrogen) atoms. The van der Waals surface area contributed by atoms with Crippen molar-refractivity contribution in [1.29, 1.82) is 0 Å². The van der Waals surface area contributed by atoms with Crippen LogP contribution in [-0.2, 0) is 0 Å². The summed E-state index contributed by atoms with van der Waals surface area (Å²) in [5, 5.41) is 10.6. The van der Waals surface area contributed by atoms with E-state index in [1.807, 2.05) is 0 Å². The largest absolute Gasteiger partial charge is 0.573 e. The minimum absolute atomic E-state index is 0.0902. The Bertz CT molecular complexity index is 433. The fourth-order valence-electron chi connectivity index (χ4n) is 1.08. The number of benzene rings is 1. The van der Waals surface area contributed by atoms with E-state index in [1.54, 1.807) is 0 Å². The van der Waals surface area contributed by atoms with Crippen LogP contribution in [0.2, 0.25) is 0 Å². The third-order valence-corrected chi connectivity index (χ3v) is 2.31. The molecule has 0 heterocycles. The summed E-state index contributed by atoms with van der Waals surface area (Å²) in [5.74, 6) is -0.836. The molecule has 4 nitrogen and oxygen atoms in total. The zero-order chi connectivity index (χ0) is 12.5. The van der Waals surface area contributed by atoms with E-state index in [0.717, 1.165) is 0 Å². The summed E-state index contributed by atoms with van der Waals surface area (Å²) in [6, 6.07) is 2.58. The molecule has 0 unspecified atom stereocenters. The number of nitrogens with zero attached hydrogens (tertiary/aromatic N) is 1. The molecular weight excluding hydrogens is 295 g/mol. The first-order valence-corrected chi connectivity index (χ1v) is 4.71. The normalized spacial score (nSPS) is 11.3. The van der Waals surface area contributed by atoms with Gasteiger partial charge < -0.3 is 4.74 Å². The van der Waals surface area contributed by atoms with E-state index in [-0.39, 0.29) is 10.0 Å². The van der Waals surface area contributed by atoms with E-state index in [4.69, 9.17) is 0 Å². The van der Waals surface area contributed by atoms with Crippen molar-refractivity contribution in [2.75, 3.05) is 0 Å². The molecule has 0 radical (unpaired) electrons. The molecule has 0 aliphatic heterocycles. The van der Waals surface area contributed by atoms with Gasteiger partial charge in [-0.3, -0.25) is 10.1 Å². The van der Waals surface area contributed by atoms with E-state index in [0.29, 0.717) is 0 Å². The first kappa shape index (κ1) is 12.8. The maximum atomic E-state index is 12.0. The number of nitro groups is 1. The van der Waals surface area contributed by atoms with Crippen molar-refractivity contribution in [3.63, 3.8) is 0 Å². The van der Waals surface area contributed by atoms with Gasteiger partial charge in [-0.15, -0.1) is 13.2 Å². The molecule has 88 valence electrons. The fourth-order valence-corrected chi connectivity index (χ4v) is 1.49. The number of nitro benzene ring substituents is 1. The van der Waals surface area contributed by atoms with Gasteiger partial charge in [0.05, 0.1) is 9.40 Å². The quantitative estimate of drug-likeness (QED) is 0.620. The van der Waals surface area contributed by atoms with Crippen LogP contribution < -0.4 is 4.74 Å². The number of hydrogen-bond donors (Lipinski definition) is 0. The second-order valence-corrected chi connectivity index (χ2v) is 3.70. The average molecular weight is 300 g/mol. The zero-order valence-electron chi connectivity index (χ0n) is 7.84. The van der Waals surface area contributed by atoms with Crippen molar-refractivity contribution in [1.82, 2.24) is 0 Å². The van der Waals surface area contributed by atoms with Gasteiger partial charge in [-0.2, -0.15) is 0 Å². The van der Waals surface area contributed by atoms with Gasteiger partial charge in [0.25, 0.3) is 0 Å². The molecule has 0 aromatic heterocycles. The van der Waals surface area contributed by atoms with Crippen LogP contribution in [0.15, 0.2) is 16.6 Å². The molecule has 0 saturated heterocycles. The van der Waals surface area contributed by atoms with Crippen molar-refractivity contribution < 1.29 is 22.8 Å². The summed E-state index contributed by atoms with van der Waals surface area (Å²) >= 11 is 2.77. The highest BCUT2D eigenvalue weighted by Crippen LogP contribution is 2.40.